The second-order valence-electron chi connectivity index (χ2n) is 3.62. The minimum absolute atomic E-state index is 0.0112. The molecule has 0 radical (unpaired) electrons. The lowest BCUT2D eigenvalue weighted by Gasteiger charge is -2.09. The predicted molar refractivity (Wildman–Crippen MR) is 70.7 cm³/mol. The summed E-state index contributed by atoms with van der Waals surface area (Å²) in [5, 5.41) is 11.3. The first-order valence-electron chi connectivity index (χ1n) is 5.09. The number of halogens is 3. The molecule has 0 aliphatic heterocycles. The van der Waals surface area contributed by atoms with Gasteiger partial charge in [-0.1, -0.05) is 15.9 Å². The van der Waals surface area contributed by atoms with E-state index in [0.717, 1.165) is 12.1 Å². The third-order valence-electron chi connectivity index (χ3n) is 2.29. The number of nitrogens with one attached hydrogen (secondary N) is 1. The molecule has 2 rings (SSSR count). The fourth-order valence-electron chi connectivity index (χ4n) is 1.42. The summed E-state index contributed by atoms with van der Waals surface area (Å²) in [5.74, 6) is -1.42. The van der Waals surface area contributed by atoms with Gasteiger partial charge in [0.05, 0.1) is 5.69 Å². The van der Waals surface area contributed by atoms with Crippen molar-refractivity contribution in [2.45, 2.75) is 0 Å². The molecule has 1 heterocycles. The molecule has 1 aromatic heterocycles. The Morgan fingerprint density at radius 1 is 1.26 bits per heavy atom. The summed E-state index contributed by atoms with van der Waals surface area (Å²) in [6.07, 6.45) is 0. The van der Waals surface area contributed by atoms with Gasteiger partial charge in [-0.15, -0.1) is 0 Å². The van der Waals surface area contributed by atoms with Gasteiger partial charge in [0.25, 0.3) is 0 Å². The molecular weight excluding hydrogens is 318 g/mol. The topological polar surface area (TPSA) is 74.7 Å². The third kappa shape index (κ3) is 2.80. The van der Waals surface area contributed by atoms with Gasteiger partial charge in [0.15, 0.2) is 17.3 Å². The highest BCUT2D eigenvalue weighted by atomic mass is 79.9. The number of hydrogen-bond acceptors (Lipinski definition) is 4. The van der Waals surface area contributed by atoms with E-state index in [-0.39, 0.29) is 27.4 Å². The van der Waals surface area contributed by atoms with E-state index in [1.54, 1.807) is 6.07 Å². The molecule has 1 aromatic carbocycles. The molecule has 96 valence electrons. The molecule has 0 aliphatic carbocycles. The number of nitrogens with zero attached hydrogens (tertiary/aromatic N) is 2. The Bertz CT molecular complexity index is 659. The van der Waals surface area contributed by atoms with Gasteiger partial charge < -0.3 is 11.1 Å². The summed E-state index contributed by atoms with van der Waals surface area (Å²) in [6, 6.07) is 6.89. The monoisotopic (exact) mass is 324 g/mol. The minimum Gasteiger partial charge on any atom is -0.396 e. The Morgan fingerprint density at radius 2 is 1.89 bits per heavy atom. The first-order valence-corrected chi connectivity index (χ1v) is 5.88. The molecule has 0 atom stereocenters. The first-order chi connectivity index (χ1) is 9.01. The van der Waals surface area contributed by atoms with Crippen LogP contribution < -0.4 is 11.1 Å². The van der Waals surface area contributed by atoms with Crippen LogP contribution in [0, 0.1) is 23.0 Å². The summed E-state index contributed by atoms with van der Waals surface area (Å²) in [4.78, 5) is 3.85. The van der Waals surface area contributed by atoms with Crippen molar-refractivity contribution in [3.63, 3.8) is 0 Å². The SMILES string of the molecule is N#Cc1nc(Nc2c(F)cc(Br)cc2F)ccc1N. The molecule has 0 saturated carbocycles. The van der Waals surface area contributed by atoms with Gasteiger partial charge in [-0.25, -0.2) is 13.8 Å². The highest BCUT2D eigenvalue weighted by Gasteiger charge is 2.12. The fourth-order valence-corrected chi connectivity index (χ4v) is 1.82. The number of nitrogens with two attached hydrogens (primary N) is 1. The molecule has 3 N–H and O–H groups in total. The Labute approximate surface area is 116 Å². The molecular formula is C12H7BrF2N4. The fraction of sp³-hybridized carbons (Fsp3) is 0. The van der Waals surface area contributed by atoms with Crippen molar-refractivity contribution in [3.8, 4) is 6.07 Å². The highest BCUT2D eigenvalue weighted by Crippen LogP contribution is 2.26. The lowest BCUT2D eigenvalue weighted by atomic mass is 10.2. The van der Waals surface area contributed by atoms with Crippen LogP contribution in [0.4, 0.5) is 26.0 Å². The van der Waals surface area contributed by atoms with E-state index in [9.17, 15) is 8.78 Å². The molecule has 0 unspecified atom stereocenters. The Morgan fingerprint density at radius 3 is 2.47 bits per heavy atom. The molecule has 7 heteroatoms. The molecule has 0 amide bonds. The maximum absolute atomic E-state index is 13.6. The first kappa shape index (κ1) is 13.2. The number of aromatic nitrogens is 1. The second kappa shape index (κ2) is 5.20. The van der Waals surface area contributed by atoms with Crippen molar-refractivity contribution in [3.05, 3.63) is 46.1 Å². The van der Waals surface area contributed by atoms with E-state index in [0.29, 0.717) is 0 Å². The molecule has 0 bridgehead atoms. The van der Waals surface area contributed by atoms with E-state index >= 15 is 0 Å². The van der Waals surface area contributed by atoms with Crippen LogP contribution in [0.1, 0.15) is 5.69 Å². The van der Waals surface area contributed by atoms with Crippen molar-refractivity contribution < 1.29 is 8.78 Å². The molecule has 4 nitrogen and oxygen atoms in total. The quantitative estimate of drug-likeness (QED) is 0.888. The molecule has 2 aromatic rings. The van der Waals surface area contributed by atoms with Gasteiger partial charge in [0.1, 0.15) is 17.6 Å². The number of nitrogen functional groups attached to an aromatic ring is 1. The van der Waals surface area contributed by atoms with Crippen molar-refractivity contribution in [2.24, 2.45) is 0 Å². The number of pyridine rings is 1. The van der Waals surface area contributed by atoms with E-state index in [2.05, 4.69) is 26.2 Å². The van der Waals surface area contributed by atoms with E-state index in [1.807, 2.05) is 0 Å². The highest BCUT2D eigenvalue weighted by molar-refractivity contribution is 9.10. The number of hydrogen-bond donors (Lipinski definition) is 2. The van der Waals surface area contributed by atoms with Crippen LogP contribution >= 0.6 is 15.9 Å². The predicted octanol–water partition coefficient (Wildman–Crippen LogP) is 3.32. The summed E-state index contributed by atoms with van der Waals surface area (Å²) in [6.45, 7) is 0. The van der Waals surface area contributed by atoms with Gasteiger partial charge >= 0.3 is 0 Å². The average molecular weight is 325 g/mol. The summed E-state index contributed by atoms with van der Waals surface area (Å²) >= 11 is 2.98. The smallest absolute Gasteiger partial charge is 0.165 e. The number of nitriles is 1. The number of benzene rings is 1. The van der Waals surface area contributed by atoms with Gasteiger partial charge in [-0.3, -0.25) is 0 Å². The van der Waals surface area contributed by atoms with Gasteiger partial charge in [-0.2, -0.15) is 5.26 Å². The molecule has 0 fully saturated rings. The average Bonchev–Trinajstić information content (AvgIpc) is 2.35. The zero-order valence-electron chi connectivity index (χ0n) is 9.42. The van der Waals surface area contributed by atoms with Crippen molar-refractivity contribution in [2.75, 3.05) is 11.1 Å². The Balaban J connectivity index is 2.40. The molecule has 0 spiro atoms. The molecule has 0 aliphatic rings. The molecule has 0 saturated heterocycles. The number of anilines is 3. The van der Waals surface area contributed by atoms with Gasteiger partial charge in [0, 0.05) is 4.47 Å². The van der Waals surface area contributed by atoms with Crippen molar-refractivity contribution in [1.29, 1.82) is 5.26 Å². The zero-order chi connectivity index (χ0) is 14.0. The largest absolute Gasteiger partial charge is 0.396 e. The summed E-state index contributed by atoms with van der Waals surface area (Å²) < 4.78 is 27.5. The van der Waals surface area contributed by atoms with Crippen molar-refractivity contribution >= 4 is 33.1 Å². The van der Waals surface area contributed by atoms with Gasteiger partial charge in [-0.05, 0) is 24.3 Å². The van der Waals surface area contributed by atoms with Crippen LogP contribution in [0.3, 0.4) is 0 Å². The van der Waals surface area contributed by atoms with Crippen LogP contribution in [0.25, 0.3) is 0 Å². The van der Waals surface area contributed by atoms with E-state index in [1.165, 1.54) is 12.1 Å². The van der Waals surface area contributed by atoms with Crippen LogP contribution in [-0.2, 0) is 0 Å². The van der Waals surface area contributed by atoms with E-state index in [4.69, 9.17) is 11.0 Å². The van der Waals surface area contributed by atoms with Crippen LogP contribution in [0.15, 0.2) is 28.7 Å². The summed E-state index contributed by atoms with van der Waals surface area (Å²) in [7, 11) is 0. The summed E-state index contributed by atoms with van der Waals surface area (Å²) in [5.41, 5.74) is 5.35. The maximum Gasteiger partial charge on any atom is 0.165 e. The standard InChI is InChI=1S/C12H7BrF2N4/c13-6-3-7(14)12(8(15)4-6)19-11-2-1-9(17)10(5-16)18-11/h1-4H,17H2,(H,18,19). The van der Waals surface area contributed by atoms with E-state index < -0.39 is 11.6 Å². The van der Waals surface area contributed by atoms with Gasteiger partial charge in [0.2, 0.25) is 0 Å². The normalized spacial score (nSPS) is 10.0. The lowest BCUT2D eigenvalue weighted by Crippen LogP contribution is -2.02. The van der Waals surface area contributed by atoms with Crippen LogP contribution in [-0.4, -0.2) is 4.98 Å². The maximum atomic E-state index is 13.6. The van der Waals surface area contributed by atoms with Crippen LogP contribution in [0.2, 0.25) is 0 Å². The third-order valence-corrected chi connectivity index (χ3v) is 2.75. The zero-order valence-corrected chi connectivity index (χ0v) is 11.0. The Hall–Kier alpha value is -2.20. The second-order valence-corrected chi connectivity index (χ2v) is 4.53. The minimum atomic E-state index is -0.774. The van der Waals surface area contributed by atoms with Crippen molar-refractivity contribution in [1.82, 2.24) is 4.98 Å². The van der Waals surface area contributed by atoms with Crippen LogP contribution in [0.5, 0.6) is 0 Å². The Kier molecular flexibility index (Phi) is 3.62. The lowest BCUT2D eigenvalue weighted by molar-refractivity contribution is 0.589. The number of rotatable bonds is 2. The molecule has 19 heavy (non-hydrogen) atoms.